The Labute approximate surface area is 588 Å². The van der Waals surface area contributed by atoms with E-state index in [9.17, 15) is 112 Å². The maximum atomic E-state index is 12.2. The molecule has 0 aromatic rings. The van der Waals surface area contributed by atoms with E-state index >= 15 is 0 Å². The second-order valence-electron chi connectivity index (χ2n) is 30.2. The monoisotopic (exact) mass is 1520 g/mol. The zero-order chi connectivity index (χ0) is 75.5. The van der Waals surface area contributed by atoms with Crippen LogP contribution in [-0.2, 0) is 84.6 Å². The third-order valence-electron chi connectivity index (χ3n) is 21.4. The van der Waals surface area contributed by atoms with Crippen LogP contribution in [0.4, 0.5) is 0 Å². The molecule has 30 heterocycles. The van der Waals surface area contributed by atoms with Crippen molar-refractivity contribution >= 4 is 16.6 Å². The fraction of sp³-hybridized carbons (Fsp3) is 1.00. The molecule has 16 bridgehead atoms. The number of hydrogen-bond acceptors (Lipinski definition) is 40. The van der Waals surface area contributed by atoms with Crippen LogP contribution in [-0.4, -0.2) is 427 Å². The zero-order valence-corrected chi connectivity index (χ0v) is 59.9. The van der Waals surface area contributed by atoms with E-state index < -0.39 is 325 Å². The zero-order valence-electron chi connectivity index (χ0n) is 57.9. The van der Waals surface area contributed by atoms with Gasteiger partial charge < -0.3 is 197 Å². The highest BCUT2D eigenvalue weighted by molar-refractivity contribution is 6.74. The van der Waals surface area contributed by atoms with Crippen molar-refractivity contribution in [2.24, 2.45) is 0 Å². The molecule has 0 aromatic carbocycles. The van der Waals surface area contributed by atoms with Crippen molar-refractivity contribution < 1.29 is 197 Å². The minimum atomic E-state index is -2.80. The van der Waals surface area contributed by atoms with Gasteiger partial charge in [0.2, 0.25) is 0 Å². The molecule has 0 aliphatic carbocycles. The van der Waals surface area contributed by atoms with E-state index in [1.807, 2.05) is 67.7 Å². The highest BCUT2D eigenvalue weighted by Crippen LogP contribution is 2.43. The summed E-state index contributed by atoms with van der Waals surface area (Å²) in [6.45, 7) is 11.7. The highest BCUT2D eigenvalue weighted by Gasteiger charge is 2.61. The summed E-state index contributed by atoms with van der Waals surface area (Å²) in [5.74, 6) is 0. The normalized spacial score (nSPS) is 50.1. The lowest BCUT2D eigenvalue weighted by Crippen LogP contribution is -2.69. The second-order valence-corrected chi connectivity index (χ2v) is 39.9. The van der Waals surface area contributed by atoms with E-state index in [4.69, 9.17) is 84.6 Å². The molecule has 40 atom stereocenters. The maximum Gasteiger partial charge on any atom is 0.192 e. The maximum absolute atomic E-state index is 12.2. The molecule has 30 aliphatic heterocycles. The third-order valence-corrected chi connectivity index (χ3v) is 30.4. The van der Waals surface area contributed by atoms with Crippen LogP contribution in [0.15, 0.2) is 0 Å². The minimum Gasteiger partial charge on any atom is -0.414 e. The van der Waals surface area contributed by atoms with Crippen LogP contribution in [0.3, 0.4) is 0 Å². The number of aliphatic hydroxyl groups is 22. The Morgan fingerprint density at radius 3 is 0.471 bits per heavy atom. The average Bonchev–Trinajstić information content (AvgIpc) is 0.773. The summed E-state index contributed by atoms with van der Waals surface area (Å²) in [6, 6.07) is 0. The quantitative estimate of drug-likeness (QED) is 0.0807. The summed E-state index contributed by atoms with van der Waals surface area (Å²) in [6.07, 6.45) is -80.5. The van der Waals surface area contributed by atoms with Gasteiger partial charge in [0.15, 0.2) is 67.0 Å². The van der Waals surface area contributed by atoms with Gasteiger partial charge in [-0.1, -0.05) is 41.5 Å². The molecular formula is C60H108O40Si2. The molecule has 102 heavy (non-hydrogen) atoms. The number of rotatable bonds is 12. The molecule has 0 aromatic heterocycles. The first-order valence-electron chi connectivity index (χ1n) is 34.0. The van der Waals surface area contributed by atoms with Gasteiger partial charge in [0, 0.05) is 0 Å². The van der Waals surface area contributed by atoms with Crippen molar-refractivity contribution in [3.05, 3.63) is 0 Å². The predicted octanol–water partition coefficient (Wildman–Crippen LogP) is -11.3. The Morgan fingerprint density at radius 1 is 0.216 bits per heavy atom. The van der Waals surface area contributed by atoms with Crippen LogP contribution in [0.2, 0.25) is 36.3 Å². The lowest BCUT2D eigenvalue weighted by atomic mass is 9.94. The fourth-order valence-electron chi connectivity index (χ4n) is 12.9. The van der Waals surface area contributed by atoms with Crippen molar-refractivity contribution in [2.45, 2.75) is 323 Å². The molecule has 30 fully saturated rings. The number of ether oxygens (including phenoxy) is 16. The largest absolute Gasteiger partial charge is 0.414 e. The van der Waals surface area contributed by atoms with Crippen LogP contribution < -0.4 is 0 Å². The van der Waals surface area contributed by atoms with E-state index in [1.54, 1.807) is 0 Å². The Kier molecular flexibility index (Phi) is 28.5. The summed E-state index contributed by atoms with van der Waals surface area (Å²) >= 11 is 0. The number of aliphatic hydroxyl groups excluding tert-OH is 22. The molecule has 0 spiro atoms. The second kappa shape index (κ2) is 34.2. The van der Waals surface area contributed by atoms with Crippen molar-refractivity contribution in [3.63, 3.8) is 0 Å². The molecule has 0 amide bonds. The van der Waals surface area contributed by atoms with Gasteiger partial charge in [-0.2, -0.15) is 0 Å². The van der Waals surface area contributed by atoms with Gasteiger partial charge in [0.25, 0.3) is 0 Å². The van der Waals surface area contributed by atoms with Gasteiger partial charge in [-0.15, -0.1) is 0 Å². The molecule has 30 aliphatic rings. The van der Waals surface area contributed by atoms with E-state index in [0.29, 0.717) is 0 Å². The lowest BCUT2D eigenvalue weighted by Gasteiger charge is -2.51. The molecule has 30 rings (SSSR count). The molecule has 40 nitrogen and oxygen atoms in total. The van der Waals surface area contributed by atoms with Crippen molar-refractivity contribution in [3.8, 4) is 0 Å². The molecule has 30 saturated heterocycles. The van der Waals surface area contributed by atoms with Crippen LogP contribution in [0.1, 0.15) is 41.5 Å². The van der Waals surface area contributed by atoms with Gasteiger partial charge in [-0.05, 0) is 36.3 Å². The Hall–Kier alpha value is -1.17. The van der Waals surface area contributed by atoms with E-state index in [1.165, 1.54) is 0 Å². The Balaban J connectivity index is 1.04. The van der Waals surface area contributed by atoms with E-state index in [-0.39, 0.29) is 0 Å². The van der Waals surface area contributed by atoms with Gasteiger partial charge in [0.1, 0.15) is 195 Å². The first-order valence-corrected chi connectivity index (χ1v) is 39.8. The molecular weight excluding hydrogens is 1420 g/mol. The van der Waals surface area contributed by atoms with Gasteiger partial charge in [-0.25, -0.2) is 0 Å². The average molecular weight is 1530 g/mol. The molecule has 596 valence electrons. The summed E-state index contributed by atoms with van der Waals surface area (Å²) in [5.41, 5.74) is 0. The third kappa shape index (κ3) is 17.4. The van der Waals surface area contributed by atoms with Crippen molar-refractivity contribution in [1.82, 2.24) is 0 Å². The summed E-state index contributed by atoms with van der Waals surface area (Å²) in [4.78, 5) is 0. The summed E-state index contributed by atoms with van der Waals surface area (Å²) in [5, 5.41) is 250. The van der Waals surface area contributed by atoms with Gasteiger partial charge >= 0.3 is 0 Å². The fourth-order valence-corrected chi connectivity index (χ4v) is 14.9. The molecule has 22 N–H and O–H groups in total. The Morgan fingerprint density at radius 2 is 0.343 bits per heavy atom. The Bertz CT molecular complexity index is 2560. The van der Waals surface area contributed by atoms with Crippen LogP contribution in [0.25, 0.3) is 0 Å². The smallest absolute Gasteiger partial charge is 0.192 e. The topological polar surface area (TPSA) is 611 Å². The highest BCUT2D eigenvalue weighted by atomic mass is 28.4. The first kappa shape index (κ1) is 84.8. The van der Waals surface area contributed by atoms with Crippen molar-refractivity contribution in [2.75, 3.05) is 52.9 Å². The number of hydrogen-bond donors (Lipinski definition) is 22. The molecule has 0 unspecified atom stereocenters. The SMILES string of the molecule is CC(C)(C)[Si](C)(C)OC[C@H]1O[C@@H]2O[C@H]3[C@H](O)[C@@H](O)[C@@H](O[C@H]4[C@H](O)[C@@H](O)[C@@H](O[C@H]5[C@H](O)[C@@H](O)[C@@H](O[C@H]6[C@@H](O)[C@@H](O)[C@@H](O[C@H]7[C@H](O)[C@@H](O)[C@@H](O[C@H]8[C@H](O)[C@@H](O)[C@@H](O[C@H]9[C@H](O)[C@@H](O)[C@@H](O[C@H]1[C@H](O)[C@H]2O)O[C@@H]9CO)O[C@@H]8CO)O[C@@H]7CO)O[C@@H]6CO)O[C@@H]5CO)O[C@@H]4CO)O[C@@H]3CO[Si](C)(C)C(C)(C)C. The van der Waals surface area contributed by atoms with Crippen LogP contribution >= 0.6 is 0 Å². The van der Waals surface area contributed by atoms with Crippen LogP contribution in [0, 0.1) is 0 Å². The van der Waals surface area contributed by atoms with Crippen molar-refractivity contribution in [1.29, 1.82) is 0 Å². The van der Waals surface area contributed by atoms with E-state index in [0.717, 1.165) is 0 Å². The first-order chi connectivity index (χ1) is 47.7. The minimum absolute atomic E-state index is 0.450. The van der Waals surface area contributed by atoms with E-state index in [2.05, 4.69) is 0 Å². The van der Waals surface area contributed by atoms with Gasteiger partial charge in [-0.3, -0.25) is 0 Å². The summed E-state index contributed by atoms with van der Waals surface area (Å²) < 4.78 is 108. The van der Waals surface area contributed by atoms with Crippen LogP contribution in [0.5, 0.6) is 0 Å². The lowest BCUT2D eigenvalue weighted by molar-refractivity contribution is -0.403. The predicted molar refractivity (Wildman–Crippen MR) is 333 cm³/mol. The standard InChI is InChI=1S/C60H108O40Si2/c1-59(2,3)101(7,8)83-17-25-49-34(74)42(82)58(92-25)100-50-26(18-84-102(9,10)60(4,5)6)91-57(41(81)33(50)73)98-48-24(16-66)89-55(39(79)31(48)71)96-46-22(14-64)87-53(37(77)29(46)69)94-44-20(12-62)85-51(35(75)27(44)67)93-43-19(11-61)86-52(36(76)28(43)68)95-45-21(13-63)88-54(38(78)30(45)70)97-47-23(15-65)90-56(99-49)40(80)32(47)72/h19-58,61-82H,11-18H2,1-10H3/t19-,20-,21-,22-,23-,24-,25-,26-,27+,28-,29-,30-,31-,32-,33-,34-,35-,36-,37-,38-,39-,40-,41-,42-,43-,44-,45-,46-,47-,48-,49-,50-,51-,52-,53-,54-,55-,56-,57-,58-/m1/s1. The molecule has 0 radical (unpaired) electrons. The summed E-state index contributed by atoms with van der Waals surface area (Å²) in [7, 11) is -5.60. The van der Waals surface area contributed by atoms with Gasteiger partial charge in [0.05, 0.1) is 52.9 Å². The molecule has 0 saturated carbocycles. The molecule has 42 heteroatoms.